The Morgan fingerprint density at radius 1 is 0.882 bits per heavy atom. The summed E-state index contributed by atoms with van der Waals surface area (Å²) in [6.45, 7) is 2.82. The molecule has 2 atom stereocenters. The van der Waals surface area contributed by atoms with Gasteiger partial charge in [0, 0.05) is 6.42 Å². The van der Waals surface area contributed by atoms with Gasteiger partial charge in [-0.3, -0.25) is 19.3 Å². The summed E-state index contributed by atoms with van der Waals surface area (Å²) in [7, 11) is 0. The van der Waals surface area contributed by atoms with Crippen LogP contribution in [0, 0.1) is 0 Å². The zero-order valence-corrected chi connectivity index (χ0v) is 18.7. The number of nitrogens with one attached hydrogen (secondary N) is 1. The van der Waals surface area contributed by atoms with Crippen LogP contribution in [0.5, 0.6) is 11.5 Å². The zero-order valence-electron chi connectivity index (χ0n) is 18.7. The van der Waals surface area contributed by atoms with Gasteiger partial charge in [-0.15, -0.1) is 0 Å². The van der Waals surface area contributed by atoms with Gasteiger partial charge in [-0.2, -0.15) is 0 Å². The van der Waals surface area contributed by atoms with Crippen molar-refractivity contribution in [3.63, 3.8) is 0 Å². The summed E-state index contributed by atoms with van der Waals surface area (Å²) in [6.07, 6.45) is 0.214. The summed E-state index contributed by atoms with van der Waals surface area (Å²) in [6, 6.07) is 20.2. The van der Waals surface area contributed by atoms with Crippen molar-refractivity contribution >= 4 is 17.7 Å². The molecule has 2 aliphatic heterocycles. The molecule has 2 unspecified atom stereocenters. The molecular weight excluding hydrogens is 432 g/mol. The Morgan fingerprint density at radius 3 is 2.18 bits per heavy atom. The fourth-order valence-corrected chi connectivity index (χ4v) is 4.35. The highest BCUT2D eigenvalue weighted by molar-refractivity contribution is 6.22. The molecule has 5 rings (SSSR count). The van der Waals surface area contributed by atoms with Crippen molar-refractivity contribution in [1.82, 2.24) is 10.2 Å². The number of carbonyl (C=O) groups is 3. The van der Waals surface area contributed by atoms with Gasteiger partial charge in [0.25, 0.3) is 11.8 Å². The fourth-order valence-electron chi connectivity index (χ4n) is 4.35. The first-order chi connectivity index (χ1) is 16.5. The van der Waals surface area contributed by atoms with Crippen molar-refractivity contribution in [3.05, 3.63) is 95.1 Å². The van der Waals surface area contributed by atoms with E-state index in [1.165, 1.54) is 0 Å². The van der Waals surface area contributed by atoms with Crippen LogP contribution in [-0.2, 0) is 11.2 Å². The molecule has 0 fully saturated rings. The van der Waals surface area contributed by atoms with Crippen LogP contribution in [0.1, 0.15) is 44.8 Å². The number of benzene rings is 3. The molecule has 34 heavy (non-hydrogen) atoms. The number of fused-ring (bicyclic) bond motifs is 2. The molecule has 172 valence electrons. The third-order valence-corrected chi connectivity index (χ3v) is 6.14. The van der Waals surface area contributed by atoms with Gasteiger partial charge in [-0.1, -0.05) is 48.5 Å². The predicted octanol–water partition coefficient (Wildman–Crippen LogP) is 3.54. The van der Waals surface area contributed by atoms with Crippen LogP contribution in [0.4, 0.5) is 0 Å². The van der Waals surface area contributed by atoms with E-state index in [2.05, 4.69) is 5.32 Å². The average Bonchev–Trinajstić information content (AvgIpc) is 3.12. The topological polar surface area (TPSA) is 84.9 Å². The van der Waals surface area contributed by atoms with Crippen molar-refractivity contribution in [1.29, 1.82) is 0 Å². The normalized spacial score (nSPS) is 16.1. The molecule has 2 aliphatic rings. The monoisotopic (exact) mass is 456 g/mol. The molecule has 0 saturated carbocycles. The summed E-state index contributed by atoms with van der Waals surface area (Å²) >= 11 is 0. The molecule has 7 heteroatoms. The fraction of sp³-hybridized carbons (Fsp3) is 0.222. The first-order valence-electron chi connectivity index (χ1n) is 11.2. The summed E-state index contributed by atoms with van der Waals surface area (Å²) in [5, 5.41) is 2.99. The van der Waals surface area contributed by atoms with E-state index in [9.17, 15) is 14.4 Å². The maximum Gasteiger partial charge on any atom is 0.262 e. The van der Waals surface area contributed by atoms with Crippen LogP contribution >= 0.6 is 0 Å². The van der Waals surface area contributed by atoms with Crippen molar-refractivity contribution in [2.24, 2.45) is 0 Å². The number of nitrogens with zero attached hydrogens (tertiary/aromatic N) is 1. The van der Waals surface area contributed by atoms with Gasteiger partial charge in [-0.25, -0.2) is 0 Å². The van der Waals surface area contributed by atoms with Crippen LogP contribution in [0.15, 0.2) is 72.8 Å². The minimum atomic E-state index is -0.991. The largest absolute Gasteiger partial charge is 0.486 e. The molecule has 0 bridgehead atoms. The van der Waals surface area contributed by atoms with E-state index >= 15 is 0 Å². The number of amides is 3. The second kappa shape index (κ2) is 9.02. The first kappa shape index (κ1) is 21.7. The van der Waals surface area contributed by atoms with Crippen LogP contribution in [0.25, 0.3) is 0 Å². The minimum absolute atomic E-state index is 0.214. The molecule has 3 aromatic rings. The van der Waals surface area contributed by atoms with Crippen molar-refractivity contribution < 1.29 is 23.9 Å². The van der Waals surface area contributed by atoms with Gasteiger partial charge < -0.3 is 14.8 Å². The lowest BCUT2D eigenvalue weighted by molar-refractivity contribution is -0.125. The predicted molar refractivity (Wildman–Crippen MR) is 125 cm³/mol. The standard InChI is InChI=1S/C27H24N2O5/c1-17(19-11-12-23-24(16-19)34-14-13-33-23)28-25(30)22(15-18-7-3-2-4-8-18)29-26(31)20-9-5-6-10-21(20)27(29)32/h2-12,16-17,22H,13-15H2,1H3,(H,28,30). The van der Waals surface area contributed by atoms with Gasteiger partial charge in [0.2, 0.25) is 5.91 Å². The van der Waals surface area contributed by atoms with Gasteiger partial charge in [-0.05, 0) is 42.3 Å². The Balaban J connectivity index is 1.42. The zero-order chi connectivity index (χ0) is 23.7. The maximum absolute atomic E-state index is 13.5. The molecule has 2 heterocycles. The smallest absolute Gasteiger partial charge is 0.262 e. The average molecular weight is 456 g/mol. The number of imide groups is 1. The molecule has 0 aliphatic carbocycles. The van der Waals surface area contributed by atoms with E-state index in [-0.39, 0.29) is 12.5 Å². The molecule has 0 radical (unpaired) electrons. The Hall–Kier alpha value is -4.13. The summed E-state index contributed by atoms with van der Waals surface area (Å²) in [4.78, 5) is 40.9. The van der Waals surface area contributed by atoms with E-state index in [1.54, 1.807) is 24.3 Å². The van der Waals surface area contributed by atoms with Gasteiger partial charge in [0.15, 0.2) is 11.5 Å². The van der Waals surface area contributed by atoms with Crippen LogP contribution in [-0.4, -0.2) is 41.9 Å². The number of ether oxygens (including phenoxy) is 2. The minimum Gasteiger partial charge on any atom is -0.486 e. The molecule has 0 spiro atoms. The van der Waals surface area contributed by atoms with E-state index < -0.39 is 23.8 Å². The second-order valence-corrected chi connectivity index (χ2v) is 8.36. The highest BCUT2D eigenvalue weighted by Crippen LogP contribution is 2.33. The number of hydrogen-bond donors (Lipinski definition) is 1. The highest BCUT2D eigenvalue weighted by atomic mass is 16.6. The summed E-state index contributed by atoms with van der Waals surface area (Å²) in [5.74, 6) is -0.0133. The van der Waals surface area contributed by atoms with Crippen molar-refractivity contribution in [3.8, 4) is 11.5 Å². The lowest BCUT2D eigenvalue weighted by Gasteiger charge is -2.27. The van der Waals surface area contributed by atoms with Gasteiger partial charge in [0.1, 0.15) is 19.3 Å². The highest BCUT2D eigenvalue weighted by Gasteiger charge is 2.42. The third kappa shape index (κ3) is 4.01. The molecule has 1 N–H and O–H groups in total. The van der Waals surface area contributed by atoms with Crippen LogP contribution < -0.4 is 14.8 Å². The maximum atomic E-state index is 13.5. The lowest BCUT2D eigenvalue weighted by Crippen LogP contribution is -2.51. The SMILES string of the molecule is CC(NC(=O)C(Cc1ccccc1)N1C(=O)c2ccccc2C1=O)c1ccc2c(c1)OCCO2. The van der Waals surface area contributed by atoms with Crippen molar-refractivity contribution in [2.75, 3.05) is 13.2 Å². The quantitative estimate of drug-likeness (QED) is 0.574. The summed E-state index contributed by atoms with van der Waals surface area (Å²) in [5.41, 5.74) is 2.32. The Morgan fingerprint density at radius 2 is 1.50 bits per heavy atom. The van der Waals surface area contributed by atoms with Crippen molar-refractivity contribution in [2.45, 2.75) is 25.4 Å². The lowest BCUT2D eigenvalue weighted by atomic mass is 10.0. The van der Waals surface area contributed by atoms with E-state index in [1.807, 2.05) is 55.5 Å². The first-order valence-corrected chi connectivity index (χ1v) is 11.2. The molecule has 3 amide bonds. The van der Waals surface area contributed by atoms with Crippen LogP contribution in [0.2, 0.25) is 0 Å². The summed E-state index contributed by atoms with van der Waals surface area (Å²) < 4.78 is 11.2. The molecule has 0 aromatic heterocycles. The molecule has 0 saturated heterocycles. The van der Waals surface area contributed by atoms with Crippen LogP contribution in [0.3, 0.4) is 0 Å². The molecule has 7 nitrogen and oxygen atoms in total. The molecular formula is C27H24N2O5. The molecule has 3 aromatic carbocycles. The van der Waals surface area contributed by atoms with E-state index in [0.29, 0.717) is 35.8 Å². The van der Waals surface area contributed by atoms with E-state index in [0.717, 1.165) is 16.0 Å². The number of carbonyl (C=O) groups excluding carboxylic acids is 3. The second-order valence-electron chi connectivity index (χ2n) is 8.36. The Kier molecular flexibility index (Phi) is 5.76. The third-order valence-electron chi connectivity index (χ3n) is 6.14. The Labute approximate surface area is 197 Å². The van der Waals surface area contributed by atoms with E-state index in [4.69, 9.17) is 9.47 Å². The van der Waals surface area contributed by atoms with Gasteiger partial charge in [0.05, 0.1) is 17.2 Å². The number of hydrogen-bond acceptors (Lipinski definition) is 5. The Bertz CT molecular complexity index is 1220. The van der Waals surface area contributed by atoms with Gasteiger partial charge >= 0.3 is 0 Å². The number of rotatable bonds is 6.